The lowest BCUT2D eigenvalue weighted by Gasteiger charge is -2.13. The Hall–Kier alpha value is -2.68. The Bertz CT molecular complexity index is 1360. The molecule has 1 N–H and O–H groups in total. The van der Waals surface area contributed by atoms with Crippen molar-refractivity contribution in [1.82, 2.24) is 9.13 Å². The summed E-state index contributed by atoms with van der Waals surface area (Å²) in [7, 11) is 0. The van der Waals surface area contributed by atoms with Gasteiger partial charge in [-0.1, -0.05) is 29.8 Å². The minimum Gasteiger partial charge on any atom is -0.324 e. The first-order valence-corrected chi connectivity index (χ1v) is 10.5. The topological polar surface area (TPSA) is 73.1 Å². The van der Waals surface area contributed by atoms with Crippen LogP contribution in [-0.4, -0.2) is 15.0 Å². The Morgan fingerprint density at radius 2 is 1.90 bits per heavy atom. The van der Waals surface area contributed by atoms with E-state index in [-0.39, 0.29) is 12.5 Å². The zero-order valence-corrected chi connectivity index (χ0v) is 17.9. The third-order valence-electron chi connectivity index (χ3n) is 4.27. The van der Waals surface area contributed by atoms with Gasteiger partial charge >= 0.3 is 5.69 Å². The van der Waals surface area contributed by atoms with Crippen molar-refractivity contribution in [3.63, 3.8) is 0 Å². The van der Waals surface area contributed by atoms with E-state index in [4.69, 9.17) is 11.6 Å². The smallest absolute Gasteiger partial charge is 0.324 e. The molecule has 6 nitrogen and oxygen atoms in total. The second-order valence-corrected chi connectivity index (χ2v) is 8.36. The molecule has 0 fully saturated rings. The van der Waals surface area contributed by atoms with Crippen molar-refractivity contribution in [3.8, 4) is 5.69 Å². The number of nitrogens with zero attached hydrogens (tertiary/aromatic N) is 2. The SMILES string of the molecule is O=C(Cn1c(=O)n(-c2cccc(Cl)c2)c(=O)c2sccc21)Nc1ccccc1Br. The highest BCUT2D eigenvalue weighted by Crippen LogP contribution is 2.22. The summed E-state index contributed by atoms with van der Waals surface area (Å²) in [6.07, 6.45) is 0. The van der Waals surface area contributed by atoms with Gasteiger partial charge in [0.1, 0.15) is 11.2 Å². The third kappa shape index (κ3) is 3.78. The van der Waals surface area contributed by atoms with Crippen LogP contribution >= 0.6 is 38.9 Å². The first-order valence-electron chi connectivity index (χ1n) is 8.49. The molecule has 0 radical (unpaired) electrons. The number of anilines is 1. The summed E-state index contributed by atoms with van der Waals surface area (Å²) in [5.41, 5.74) is 0.318. The van der Waals surface area contributed by atoms with E-state index in [0.29, 0.717) is 26.6 Å². The van der Waals surface area contributed by atoms with Crippen molar-refractivity contribution in [2.45, 2.75) is 6.54 Å². The Morgan fingerprint density at radius 1 is 1.10 bits per heavy atom. The summed E-state index contributed by atoms with van der Waals surface area (Å²) < 4.78 is 3.44. The molecule has 0 spiro atoms. The number of para-hydroxylation sites is 1. The Kier molecular flexibility index (Phi) is 5.40. The van der Waals surface area contributed by atoms with Crippen molar-refractivity contribution in [2.24, 2.45) is 0 Å². The van der Waals surface area contributed by atoms with E-state index in [0.717, 1.165) is 9.04 Å². The van der Waals surface area contributed by atoms with Gasteiger partial charge in [-0.15, -0.1) is 11.3 Å². The van der Waals surface area contributed by atoms with Crippen molar-refractivity contribution < 1.29 is 4.79 Å². The average molecular weight is 491 g/mol. The first-order chi connectivity index (χ1) is 14.0. The number of carbonyl (C=O) groups excluding carboxylic acids is 1. The second kappa shape index (κ2) is 7.98. The van der Waals surface area contributed by atoms with E-state index in [1.807, 2.05) is 6.07 Å². The van der Waals surface area contributed by atoms with Crippen LogP contribution in [0.1, 0.15) is 0 Å². The van der Waals surface area contributed by atoms with Gasteiger partial charge in [0, 0.05) is 9.50 Å². The lowest BCUT2D eigenvalue weighted by atomic mass is 10.3. The molecule has 0 saturated heterocycles. The first kappa shape index (κ1) is 19.6. The molecule has 2 aromatic carbocycles. The van der Waals surface area contributed by atoms with Gasteiger partial charge in [-0.2, -0.15) is 0 Å². The zero-order chi connectivity index (χ0) is 20.5. The minimum absolute atomic E-state index is 0.242. The van der Waals surface area contributed by atoms with Crippen LogP contribution in [0.2, 0.25) is 5.02 Å². The van der Waals surface area contributed by atoms with Gasteiger partial charge in [-0.05, 0) is 57.7 Å². The highest BCUT2D eigenvalue weighted by Gasteiger charge is 2.18. The fourth-order valence-electron chi connectivity index (χ4n) is 2.98. The zero-order valence-electron chi connectivity index (χ0n) is 14.8. The summed E-state index contributed by atoms with van der Waals surface area (Å²) in [5.74, 6) is -0.386. The van der Waals surface area contributed by atoms with Crippen molar-refractivity contribution in [1.29, 1.82) is 0 Å². The molecule has 0 saturated carbocycles. The number of halogens is 2. The number of amides is 1. The maximum absolute atomic E-state index is 13.2. The number of rotatable bonds is 4. The van der Waals surface area contributed by atoms with Crippen LogP contribution in [0.4, 0.5) is 5.69 Å². The van der Waals surface area contributed by atoms with Crippen LogP contribution in [0, 0.1) is 0 Å². The van der Waals surface area contributed by atoms with Gasteiger partial charge in [0.05, 0.1) is 16.9 Å². The molecule has 9 heteroatoms. The molecule has 2 heterocycles. The lowest BCUT2D eigenvalue weighted by Crippen LogP contribution is -2.40. The van der Waals surface area contributed by atoms with Crippen LogP contribution in [0.5, 0.6) is 0 Å². The van der Waals surface area contributed by atoms with E-state index in [1.54, 1.807) is 47.8 Å². The minimum atomic E-state index is -0.606. The monoisotopic (exact) mass is 489 g/mol. The van der Waals surface area contributed by atoms with E-state index in [1.165, 1.54) is 22.0 Å². The maximum atomic E-state index is 13.2. The summed E-state index contributed by atoms with van der Waals surface area (Å²) in [5, 5.41) is 4.89. The molecule has 0 aliphatic heterocycles. The summed E-state index contributed by atoms with van der Waals surface area (Å²) in [6.45, 7) is -0.242. The number of benzene rings is 2. The fraction of sp³-hybridized carbons (Fsp3) is 0.0500. The van der Waals surface area contributed by atoms with Gasteiger partial charge in [-0.3, -0.25) is 14.2 Å². The maximum Gasteiger partial charge on any atom is 0.336 e. The number of thiophene rings is 1. The molecule has 0 atom stereocenters. The molecule has 0 unspecified atom stereocenters. The quantitative estimate of drug-likeness (QED) is 0.464. The summed E-state index contributed by atoms with van der Waals surface area (Å²) >= 11 is 10.6. The van der Waals surface area contributed by atoms with Crippen LogP contribution in [0.15, 0.2) is 74.0 Å². The van der Waals surface area contributed by atoms with Gasteiger partial charge in [0.25, 0.3) is 5.56 Å². The predicted octanol–water partition coefficient (Wildman–Crippen LogP) is 4.27. The molecule has 2 aromatic heterocycles. The molecule has 29 heavy (non-hydrogen) atoms. The molecular formula is C20H13BrClN3O3S. The lowest BCUT2D eigenvalue weighted by molar-refractivity contribution is -0.116. The standard InChI is InChI=1S/C20H13BrClN3O3S/c21-14-6-1-2-7-15(14)23-17(26)11-24-16-8-9-29-18(16)19(27)25(20(24)28)13-5-3-4-12(22)10-13/h1-10H,11H2,(H,23,26). The highest BCUT2D eigenvalue weighted by molar-refractivity contribution is 9.10. The predicted molar refractivity (Wildman–Crippen MR) is 119 cm³/mol. The number of hydrogen-bond acceptors (Lipinski definition) is 4. The van der Waals surface area contributed by atoms with E-state index in [9.17, 15) is 14.4 Å². The van der Waals surface area contributed by atoms with E-state index >= 15 is 0 Å². The Balaban J connectivity index is 1.81. The number of fused-ring (bicyclic) bond motifs is 1. The average Bonchev–Trinajstić information content (AvgIpc) is 3.17. The summed E-state index contributed by atoms with van der Waals surface area (Å²) in [4.78, 5) is 38.7. The molecule has 0 aliphatic carbocycles. The molecule has 4 aromatic rings. The third-order valence-corrected chi connectivity index (χ3v) is 6.09. The second-order valence-electron chi connectivity index (χ2n) is 6.15. The fourth-order valence-corrected chi connectivity index (χ4v) is 4.37. The largest absolute Gasteiger partial charge is 0.336 e. The molecule has 1 amide bonds. The van der Waals surface area contributed by atoms with Crippen LogP contribution < -0.4 is 16.6 Å². The molecule has 0 aliphatic rings. The van der Waals surface area contributed by atoms with Crippen molar-refractivity contribution in [2.75, 3.05) is 5.32 Å². The Morgan fingerprint density at radius 3 is 2.66 bits per heavy atom. The van der Waals surface area contributed by atoms with Crippen LogP contribution in [-0.2, 0) is 11.3 Å². The van der Waals surface area contributed by atoms with E-state index in [2.05, 4.69) is 21.2 Å². The number of aromatic nitrogens is 2. The molecule has 4 rings (SSSR count). The molecule has 0 bridgehead atoms. The number of carbonyl (C=O) groups is 1. The number of nitrogens with one attached hydrogen (secondary N) is 1. The van der Waals surface area contributed by atoms with Crippen molar-refractivity contribution in [3.05, 3.63) is 90.3 Å². The van der Waals surface area contributed by atoms with Gasteiger partial charge < -0.3 is 5.32 Å². The van der Waals surface area contributed by atoms with Crippen molar-refractivity contribution >= 4 is 60.7 Å². The number of hydrogen-bond donors (Lipinski definition) is 1. The van der Waals surface area contributed by atoms with E-state index < -0.39 is 11.2 Å². The van der Waals surface area contributed by atoms with Crippen LogP contribution in [0.25, 0.3) is 15.9 Å². The normalized spacial score (nSPS) is 11.0. The van der Waals surface area contributed by atoms with Crippen LogP contribution in [0.3, 0.4) is 0 Å². The molecule has 146 valence electrons. The van der Waals surface area contributed by atoms with Gasteiger partial charge in [0.2, 0.25) is 5.91 Å². The van der Waals surface area contributed by atoms with Gasteiger partial charge in [-0.25, -0.2) is 9.36 Å². The molecular weight excluding hydrogens is 478 g/mol. The van der Waals surface area contributed by atoms with Gasteiger partial charge in [0.15, 0.2) is 0 Å². The Labute approximate surface area is 182 Å². The summed E-state index contributed by atoms with van der Waals surface area (Å²) in [6, 6.07) is 15.3. The highest BCUT2D eigenvalue weighted by atomic mass is 79.9.